The van der Waals surface area contributed by atoms with Gasteiger partial charge in [0, 0.05) is 0 Å². The normalized spacial score (nSPS) is 10.8. The van der Waals surface area contributed by atoms with Gasteiger partial charge in [0.1, 0.15) is 0 Å². The molecule has 0 spiro atoms. The number of phenolic OH excluding ortho intramolecular Hbond substituents is 1. The molecule has 0 aliphatic carbocycles. The van der Waals surface area contributed by atoms with Gasteiger partial charge in [0.2, 0.25) is 0 Å². The molecular formula is C12H15FO3. The molecule has 0 bridgehead atoms. The Morgan fingerprint density at radius 3 is 2.62 bits per heavy atom. The lowest BCUT2D eigenvalue weighted by atomic mass is 10.1. The Morgan fingerprint density at radius 2 is 2.12 bits per heavy atom. The van der Waals surface area contributed by atoms with Crippen molar-refractivity contribution in [3.63, 3.8) is 0 Å². The van der Waals surface area contributed by atoms with Crippen LogP contribution in [0.15, 0.2) is 12.1 Å². The van der Waals surface area contributed by atoms with Gasteiger partial charge >= 0.3 is 0 Å². The van der Waals surface area contributed by atoms with Gasteiger partial charge in [0.15, 0.2) is 17.3 Å². The third kappa shape index (κ3) is 3.03. The van der Waals surface area contributed by atoms with E-state index in [2.05, 4.69) is 0 Å². The summed E-state index contributed by atoms with van der Waals surface area (Å²) in [5.41, 5.74) is 0.525. The number of benzene rings is 1. The molecule has 1 aromatic rings. The summed E-state index contributed by atoms with van der Waals surface area (Å²) in [5, 5.41) is 9.33. The van der Waals surface area contributed by atoms with E-state index in [9.17, 15) is 14.3 Å². The molecule has 0 aliphatic rings. The smallest absolute Gasteiger partial charge is 0.165 e. The summed E-state index contributed by atoms with van der Waals surface area (Å²) >= 11 is 0. The van der Waals surface area contributed by atoms with Gasteiger partial charge in [0.25, 0.3) is 0 Å². The largest absolute Gasteiger partial charge is 0.504 e. The summed E-state index contributed by atoms with van der Waals surface area (Å²) in [6.45, 7) is 5.22. The van der Waals surface area contributed by atoms with Gasteiger partial charge in [-0.15, -0.1) is 0 Å². The number of rotatable bonds is 4. The van der Waals surface area contributed by atoms with Crippen LogP contribution < -0.4 is 0 Å². The van der Waals surface area contributed by atoms with E-state index >= 15 is 0 Å². The molecule has 88 valence electrons. The molecule has 1 rings (SSSR count). The second-order valence-electron chi connectivity index (χ2n) is 3.89. The fourth-order valence-corrected chi connectivity index (χ4v) is 1.27. The van der Waals surface area contributed by atoms with E-state index < -0.39 is 11.6 Å². The minimum atomic E-state index is -0.796. The quantitative estimate of drug-likeness (QED) is 0.803. The van der Waals surface area contributed by atoms with E-state index in [1.54, 1.807) is 0 Å². The number of Topliss-reactive ketones (excluding diaryl/α,β-unsaturated/α-hetero) is 1. The first-order chi connectivity index (χ1) is 7.41. The highest BCUT2D eigenvalue weighted by Crippen LogP contribution is 2.24. The van der Waals surface area contributed by atoms with Crippen molar-refractivity contribution in [3.05, 3.63) is 29.1 Å². The van der Waals surface area contributed by atoms with E-state index in [0.29, 0.717) is 5.56 Å². The summed E-state index contributed by atoms with van der Waals surface area (Å²) in [4.78, 5) is 11.1. The number of carbonyl (C=O) groups excluding carboxylic acids is 1. The monoisotopic (exact) mass is 226 g/mol. The van der Waals surface area contributed by atoms with Crippen molar-refractivity contribution in [2.75, 3.05) is 0 Å². The SMILES string of the molecule is CC(=O)c1cc(COC(C)C)cc(F)c1O. The lowest BCUT2D eigenvalue weighted by molar-refractivity contribution is 0.0655. The maximum atomic E-state index is 13.3. The van der Waals surface area contributed by atoms with Crippen LogP contribution in [0.4, 0.5) is 4.39 Å². The average Bonchev–Trinajstić information content (AvgIpc) is 2.19. The molecule has 3 nitrogen and oxygen atoms in total. The molecule has 0 atom stereocenters. The van der Waals surface area contributed by atoms with Crippen molar-refractivity contribution in [3.8, 4) is 5.75 Å². The van der Waals surface area contributed by atoms with E-state index in [-0.39, 0.29) is 24.1 Å². The first-order valence-corrected chi connectivity index (χ1v) is 5.05. The minimum absolute atomic E-state index is 0.0117. The second kappa shape index (κ2) is 5.07. The van der Waals surface area contributed by atoms with Crippen LogP contribution in [0.3, 0.4) is 0 Å². The molecule has 0 radical (unpaired) electrons. The van der Waals surface area contributed by atoms with Gasteiger partial charge < -0.3 is 9.84 Å². The minimum Gasteiger partial charge on any atom is -0.504 e. The maximum Gasteiger partial charge on any atom is 0.165 e. The Kier molecular flexibility index (Phi) is 4.01. The highest BCUT2D eigenvalue weighted by atomic mass is 19.1. The number of phenols is 1. The molecule has 4 heteroatoms. The molecule has 1 N–H and O–H groups in total. The Labute approximate surface area is 93.9 Å². The highest BCUT2D eigenvalue weighted by molar-refractivity contribution is 5.96. The summed E-state index contributed by atoms with van der Waals surface area (Å²) < 4.78 is 18.6. The van der Waals surface area contributed by atoms with Crippen LogP contribution in [0.25, 0.3) is 0 Å². The third-order valence-corrected chi connectivity index (χ3v) is 2.09. The zero-order chi connectivity index (χ0) is 12.3. The van der Waals surface area contributed by atoms with Crippen LogP contribution in [-0.4, -0.2) is 17.0 Å². The molecule has 0 aliphatic heterocycles. The number of halogens is 1. The fourth-order valence-electron chi connectivity index (χ4n) is 1.27. The van der Waals surface area contributed by atoms with Gasteiger partial charge in [-0.05, 0) is 38.5 Å². The van der Waals surface area contributed by atoms with Crippen molar-refractivity contribution < 1.29 is 19.0 Å². The Balaban J connectivity index is 3.00. The van der Waals surface area contributed by atoms with E-state index in [1.165, 1.54) is 19.1 Å². The van der Waals surface area contributed by atoms with Crippen LogP contribution in [0.1, 0.15) is 36.7 Å². The molecule has 0 heterocycles. The molecule has 0 saturated heterocycles. The molecule has 16 heavy (non-hydrogen) atoms. The van der Waals surface area contributed by atoms with Crippen molar-refractivity contribution in [2.24, 2.45) is 0 Å². The average molecular weight is 226 g/mol. The molecule has 0 aromatic heterocycles. The standard InChI is InChI=1S/C12H15FO3/c1-7(2)16-6-9-4-10(8(3)14)12(15)11(13)5-9/h4-5,7,15H,6H2,1-3H3. The van der Waals surface area contributed by atoms with Gasteiger partial charge in [0.05, 0.1) is 18.3 Å². The first-order valence-electron chi connectivity index (χ1n) is 5.05. The first kappa shape index (κ1) is 12.6. The van der Waals surface area contributed by atoms with Crippen molar-refractivity contribution in [2.45, 2.75) is 33.5 Å². The number of hydrogen-bond acceptors (Lipinski definition) is 3. The van der Waals surface area contributed by atoms with Crippen LogP contribution in [-0.2, 0) is 11.3 Å². The van der Waals surface area contributed by atoms with Gasteiger partial charge in [-0.2, -0.15) is 0 Å². The summed E-state index contributed by atoms with van der Waals surface area (Å²) in [6, 6.07) is 2.62. The van der Waals surface area contributed by atoms with Crippen LogP contribution >= 0.6 is 0 Å². The predicted molar refractivity (Wildman–Crippen MR) is 58.0 cm³/mol. The van der Waals surface area contributed by atoms with Crippen LogP contribution in [0.5, 0.6) is 5.75 Å². The zero-order valence-electron chi connectivity index (χ0n) is 9.58. The zero-order valence-corrected chi connectivity index (χ0v) is 9.58. The maximum absolute atomic E-state index is 13.3. The van der Waals surface area contributed by atoms with Crippen molar-refractivity contribution in [1.29, 1.82) is 0 Å². The Hall–Kier alpha value is -1.42. The van der Waals surface area contributed by atoms with Crippen molar-refractivity contribution >= 4 is 5.78 Å². The number of carbonyl (C=O) groups is 1. The van der Waals surface area contributed by atoms with E-state index in [4.69, 9.17) is 4.74 Å². The topological polar surface area (TPSA) is 46.5 Å². The predicted octanol–water partition coefficient (Wildman–Crippen LogP) is 2.66. The number of ether oxygens (including phenoxy) is 1. The van der Waals surface area contributed by atoms with Crippen molar-refractivity contribution in [1.82, 2.24) is 0 Å². The number of aromatic hydroxyl groups is 1. The van der Waals surface area contributed by atoms with Crippen LogP contribution in [0, 0.1) is 5.82 Å². The number of hydrogen-bond donors (Lipinski definition) is 1. The Bertz CT molecular complexity index is 399. The summed E-state index contributed by atoms with van der Waals surface area (Å²) in [6.07, 6.45) is 0.0256. The fraction of sp³-hybridized carbons (Fsp3) is 0.417. The van der Waals surface area contributed by atoms with Gasteiger partial charge in [-0.1, -0.05) is 0 Å². The molecular weight excluding hydrogens is 211 g/mol. The molecule has 0 saturated carbocycles. The molecule has 0 unspecified atom stereocenters. The van der Waals surface area contributed by atoms with Gasteiger partial charge in [-0.3, -0.25) is 4.79 Å². The molecule has 0 fully saturated rings. The summed E-state index contributed by atoms with van der Waals surface area (Å²) in [5.74, 6) is -1.77. The van der Waals surface area contributed by atoms with E-state index in [0.717, 1.165) is 0 Å². The highest BCUT2D eigenvalue weighted by Gasteiger charge is 2.13. The third-order valence-electron chi connectivity index (χ3n) is 2.09. The second-order valence-corrected chi connectivity index (χ2v) is 3.89. The number of ketones is 1. The molecule has 0 amide bonds. The molecule has 1 aromatic carbocycles. The van der Waals surface area contributed by atoms with Gasteiger partial charge in [-0.25, -0.2) is 4.39 Å². The summed E-state index contributed by atoms with van der Waals surface area (Å²) in [7, 11) is 0. The lowest BCUT2D eigenvalue weighted by Gasteiger charge is -2.09. The van der Waals surface area contributed by atoms with Crippen LogP contribution in [0.2, 0.25) is 0 Å². The van der Waals surface area contributed by atoms with E-state index in [1.807, 2.05) is 13.8 Å². The lowest BCUT2D eigenvalue weighted by Crippen LogP contribution is -2.04. The Morgan fingerprint density at radius 1 is 1.50 bits per heavy atom.